The number of nitrogens with two attached hydrogens (primary N) is 1. The van der Waals surface area contributed by atoms with E-state index < -0.39 is 0 Å². The number of rotatable bonds is 3. The van der Waals surface area contributed by atoms with Gasteiger partial charge in [0, 0.05) is 11.0 Å². The van der Waals surface area contributed by atoms with E-state index in [2.05, 4.69) is 41.5 Å². The Balaban J connectivity index is 2.50. The van der Waals surface area contributed by atoms with Crippen LogP contribution in [0.1, 0.15) is 32.2 Å². The smallest absolute Gasteiger partial charge is 0.148 e. The number of anilines is 3. The first-order chi connectivity index (χ1) is 9.82. The molecule has 1 heterocycles. The Morgan fingerprint density at radius 3 is 2.29 bits per heavy atom. The highest BCUT2D eigenvalue weighted by Crippen LogP contribution is 2.30. The average molecular weight is 306 g/mol. The van der Waals surface area contributed by atoms with E-state index in [0.29, 0.717) is 22.5 Å². The van der Waals surface area contributed by atoms with Crippen LogP contribution in [0.2, 0.25) is 5.02 Å². The molecular weight excluding hydrogens is 286 g/mol. The monoisotopic (exact) mass is 305 g/mol. The summed E-state index contributed by atoms with van der Waals surface area (Å²) in [5, 5.41) is 3.88. The molecule has 0 saturated heterocycles. The van der Waals surface area contributed by atoms with Crippen LogP contribution in [-0.4, -0.2) is 9.97 Å². The van der Waals surface area contributed by atoms with Crippen molar-refractivity contribution in [1.29, 1.82) is 0 Å². The lowest BCUT2D eigenvalue weighted by molar-refractivity contribution is 0.546. The van der Waals surface area contributed by atoms with Crippen LogP contribution >= 0.6 is 11.6 Å². The van der Waals surface area contributed by atoms with Crippen LogP contribution < -0.4 is 16.6 Å². The molecule has 2 aromatic rings. The molecule has 1 aromatic carbocycles. The van der Waals surface area contributed by atoms with Gasteiger partial charge in [0.05, 0.1) is 10.7 Å². The maximum atomic E-state index is 6.18. The van der Waals surface area contributed by atoms with E-state index >= 15 is 0 Å². The lowest BCUT2D eigenvalue weighted by Gasteiger charge is -2.21. The van der Waals surface area contributed by atoms with Crippen LogP contribution in [0.3, 0.4) is 0 Å². The zero-order chi connectivity index (χ0) is 15.6. The molecule has 0 saturated carbocycles. The van der Waals surface area contributed by atoms with Crippen molar-refractivity contribution >= 4 is 28.9 Å². The summed E-state index contributed by atoms with van der Waals surface area (Å²) >= 11 is 6.18. The largest absolute Gasteiger partial charge is 0.339 e. The van der Waals surface area contributed by atoms with Crippen LogP contribution in [0.4, 0.5) is 17.3 Å². The first-order valence-electron chi connectivity index (χ1n) is 6.70. The van der Waals surface area contributed by atoms with Crippen molar-refractivity contribution in [2.24, 2.45) is 5.84 Å². The minimum Gasteiger partial charge on any atom is -0.339 e. The SMILES string of the molecule is Cc1c(NN)nc(C(C)(C)C)nc1Nc1ccccc1Cl. The van der Waals surface area contributed by atoms with Crippen molar-refractivity contribution in [1.82, 2.24) is 9.97 Å². The Kier molecular flexibility index (Phi) is 4.34. The van der Waals surface area contributed by atoms with Gasteiger partial charge in [0.25, 0.3) is 0 Å². The molecule has 0 atom stereocenters. The van der Waals surface area contributed by atoms with Crippen molar-refractivity contribution in [3.05, 3.63) is 40.7 Å². The number of nitrogens with one attached hydrogen (secondary N) is 2. The number of hydrogen-bond acceptors (Lipinski definition) is 5. The molecule has 0 spiro atoms. The quantitative estimate of drug-likeness (QED) is 0.594. The minimum absolute atomic E-state index is 0.184. The molecule has 5 nitrogen and oxygen atoms in total. The molecule has 0 aliphatic heterocycles. The molecule has 0 aliphatic rings. The molecule has 2 rings (SSSR count). The molecule has 21 heavy (non-hydrogen) atoms. The van der Waals surface area contributed by atoms with E-state index in [-0.39, 0.29) is 5.41 Å². The van der Waals surface area contributed by atoms with E-state index in [1.807, 2.05) is 31.2 Å². The molecule has 112 valence electrons. The summed E-state index contributed by atoms with van der Waals surface area (Å²) in [5.74, 6) is 7.56. The van der Waals surface area contributed by atoms with Gasteiger partial charge in [-0.1, -0.05) is 44.5 Å². The normalized spacial score (nSPS) is 11.3. The number of hydrazine groups is 1. The van der Waals surface area contributed by atoms with Crippen molar-refractivity contribution in [3.8, 4) is 0 Å². The number of nitrogens with zero attached hydrogens (tertiary/aromatic N) is 2. The molecule has 0 radical (unpaired) electrons. The van der Waals surface area contributed by atoms with Gasteiger partial charge in [0.15, 0.2) is 0 Å². The second-order valence-electron chi connectivity index (χ2n) is 5.87. The second-order valence-corrected chi connectivity index (χ2v) is 6.28. The highest BCUT2D eigenvalue weighted by atomic mass is 35.5. The molecular formula is C15H20ClN5. The predicted octanol–water partition coefficient (Wildman–Crippen LogP) is 3.77. The summed E-state index contributed by atoms with van der Waals surface area (Å²) in [6.45, 7) is 8.06. The summed E-state index contributed by atoms with van der Waals surface area (Å²) in [6.07, 6.45) is 0. The number of nitrogen functional groups attached to an aromatic ring is 1. The van der Waals surface area contributed by atoms with Gasteiger partial charge in [-0.25, -0.2) is 15.8 Å². The van der Waals surface area contributed by atoms with Gasteiger partial charge in [0.2, 0.25) is 0 Å². The fourth-order valence-corrected chi connectivity index (χ4v) is 1.99. The van der Waals surface area contributed by atoms with Crippen LogP contribution in [0, 0.1) is 6.92 Å². The highest BCUT2D eigenvalue weighted by Gasteiger charge is 2.21. The fourth-order valence-electron chi connectivity index (χ4n) is 1.80. The Morgan fingerprint density at radius 1 is 1.10 bits per heavy atom. The van der Waals surface area contributed by atoms with Crippen molar-refractivity contribution in [3.63, 3.8) is 0 Å². The van der Waals surface area contributed by atoms with Crippen LogP contribution in [-0.2, 0) is 5.41 Å². The minimum atomic E-state index is -0.184. The molecule has 1 aromatic heterocycles. The highest BCUT2D eigenvalue weighted by molar-refractivity contribution is 6.33. The van der Waals surface area contributed by atoms with E-state index in [4.69, 9.17) is 17.4 Å². The molecule has 0 aliphatic carbocycles. The standard InChI is InChI=1S/C15H20ClN5/c1-9-12(18-11-8-6-5-7-10(11)16)19-14(15(2,3)4)20-13(9)21-17/h5-8H,17H2,1-4H3,(H2,18,19,20,21). The molecule has 0 fully saturated rings. The maximum absolute atomic E-state index is 6.18. The van der Waals surface area contributed by atoms with Gasteiger partial charge in [-0.05, 0) is 19.1 Å². The first kappa shape index (κ1) is 15.5. The van der Waals surface area contributed by atoms with Crippen molar-refractivity contribution in [2.45, 2.75) is 33.1 Å². The maximum Gasteiger partial charge on any atom is 0.148 e. The van der Waals surface area contributed by atoms with Crippen LogP contribution in [0.25, 0.3) is 0 Å². The lowest BCUT2D eigenvalue weighted by Crippen LogP contribution is -2.21. The summed E-state index contributed by atoms with van der Waals surface area (Å²) < 4.78 is 0. The van der Waals surface area contributed by atoms with E-state index in [0.717, 1.165) is 11.3 Å². The zero-order valence-corrected chi connectivity index (χ0v) is 13.4. The topological polar surface area (TPSA) is 75.9 Å². The number of halogens is 1. The molecule has 4 N–H and O–H groups in total. The van der Waals surface area contributed by atoms with E-state index in [1.165, 1.54) is 0 Å². The van der Waals surface area contributed by atoms with Gasteiger partial charge in [0.1, 0.15) is 17.5 Å². The van der Waals surface area contributed by atoms with Gasteiger partial charge < -0.3 is 10.7 Å². The van der Waals surface area contributed by atoms with Crippen LogP contribution in [0.5, 0.6) is 0 Å². The third-order valence-electron chi connectivity index (χ3n) is 3.08. The number of para-hydroxylation sites is 1. The Morgan fingerprint density at radius 2 is 1.71 bits per heavy atom. The molecule has 0 amide bonds. The number of aromatic nitrogens is 2. The van der Waals surface area contributed by atoms with Gasteiger partial charge in [-0.3, -0.25) is 0 Å². The Hall–Kier alpha value is -1.85. The van der Waals surface area contributed by atoms with Gasteiger partial charge in [-0.15, -0.1) is 0 Å². The Bertz CT molecular complexity index is 649. The second kappa shape index (κ2) is 5.87. The van der Waals surface area contributed by atoms with Crippen molar-refractivity contribution in [2.75, 3.05) is 10.7 Å². The zero-order valence-electron chi connectivity index (χ0n) is 12.7. The third-order valence-corrected chi connectivity index (χ3v) is 3.41. The molecule has 0 unspecified atom stereocenters. The predicted molar refractivity (Wildman–Crippen MR) is 88.0 cm³/mol. The summed E-state index contributed by atoms with van der Waals surface area (Å²) in [5.41, 5.74) is 4.07. The number of benzene rings is 1. The molecule has 0 bridgehead atoms. The Labute approximate surface area is 129 Å². The summed E-state index contributed by atoms with van der Waals surface area (Å²) in [6, 6.07) is 7.52. The number of hydrogen-bond donors (Lipinski definition) is 3. The lowest BCUT2D eigenvalue weighted by atomic mass is 9.95. The van der Waals surface area contributed by atoms with E-state index in [9.17, 15) is 0 Å². The van der Waals surface area contributed by atoms with Gasteiger partial charge in [-0.2, -0.15) is 0 Å². The molecule has 6 heteroatoms. The fraction of sp³-hybridized carbons (Fsp3) is 0.333. The van der Waals surface area contributed by atoms with Gasteiger partial charge >= 0.3 is 0 Å². The summed E-state index contributed by atoms with van der Waals surface area (Å²) in [7, 11) is 0. The van der Waals surface area contributed by atoms with E-state index in [1.54, 1.807) is 0 Å². The van der Waals surface area contributed by atoms with Crippen molar-refractivity contribution < 1.29 is 0 Å². The van der Waals surface area contributed by atoms with Crippen LogP contribution in [0.15, 0.2) is 24.3 Å². The average Bonchev–Trinajstić information content (AvgIpc) is 2.42. The third kappa shape index (κ3) is 3.43. The summed E-state index contributed by atoms with van der Waals surface area (Å²) in [4.78, 5) is 9.08. The first-order valence-corrected chi connectivity index (χ1v) is 7.08.